The first-order valence-corrected chi connectivity index (χ1v) is 7.88. The van der Waals surface area contributed by atoms with Gasteiger partial charge in [0.2, 0.25) is 0 Å². The molecule has 2 N–H and O–H groups in total. The van der Waals surface area contributed by atoms with Gasteiger partial charge in [-0.3, -0.25) is 0 Å². The summed E-state index contributed by atoms with van der Waals surface area (Å²) in [5.41, 5.74) is 1.20. The molecule has 1 heterocycles. The van der Waals surface area contributed by atoms with E-state index in [1.54, 1.807) is 0 Å². The number of unbranched alkanes of at least 4 members (excludes halogenated alkanes) is 1. The van der Waals surface area contributed by atoms with Gasteiger partial charge in [-0.1, -0.05) is 12.1 Å². The molecule has 6 nitrogen and oxygen atoms in total. The molecule has 0 atom stereocenters. The smallest absolute Gasteiger partial charge is 0.494 e. The molecule has 126 valence electrons. The van der Waals surface area contributed by atoms with Gasteiger partial charge in [0.25, 0.3) is 0 Å². The second-order valence-corrected chi connectivity index (χ2v) is 6.48. The van der Waals surface area contributed by atoms with Gasteiger partial charge in [0.05, 0.1) is 13.2 Å². The zero-order chi connectivity index (χ0) is 16.9. The Morgan fingerprint density at radius 1 is 1.39 bits per heavy atom. The van der Waals surface area contributed by atoms with Gasteiger partial charge in [0, 0.05) is 12.0 Å². The Hall–Kier alpha value is -1.73. The van der Waals surface area contributed by atoms with E-state index in [0.717, 1.165) is 23.9 Å². The lowest BCUT2D eigenvalue weighted by Crippen LogP contribution is -2.33. The fourth-order valence-electron chi connectivity index (χ4n) is 2.29. The third-order valence-corrected chi connectivity index (χ3v) is 3.30. The van der Waals surface area contributed by atoms with Crippen LogP contribution < -0.4 is 15.5 Å². The summed E-state index contributed by atoms with van der Waals surface area (Å²) in [6.07, 6.45) is 1.17. The Bertz CT molecular complexity index is 544. The molecule has 23 heavy (non-hydrogen) atoms. The largest absolute Gasteiger partial charge is 0.495 e. The first kappa shape index (κ1) is 17.6. The van der Waals surface area contributed by atoms with E-state index < -0.39 is 18.8 Å². The molecule has 1 aromatic carbocycles. The number of amides is 1. The van der Waals surface area contributed by atoms with E-state index in [2.05, 4.69) is 5.32 Å². The number of alkyl carbamates (subject to hydrolysis) is 1. The molecule has 0 bridgehead atoms. The monoisotopic (exact) mass is 321 g/mol. The minimum Gasteiger partial charge on any atom is -0.494 e. The summed E-state index contributed by atoms with van der Waals surface area (Å²) in [4.78, 5) is 11.5. The van der Waals surface area contributed by atoms with E-state index in [-0.39, 0.29) is 0 Å². The zero-order valence-corrected chi connectivity index (χ0v) is 13.9. The van der Waals surface area contributed by atoms with Crippen molar-refractivity contribution < 1.29 is 23.9 Å². The molecule has 0 saturated heterocycles. The highest BCUT2D eigenvalue weighted by Gasteiger charge is 2.30. The number of ether oxygens (including phenoxy) is 2. The summed E-state index contributed by atoms with van der Waals surface area (Å²) in [6.45, 7) is 6.95. The predicted molar refractivity (Wildman–Crippen MR) is 87.8 cm³/mol. The van der Waals surface area contributed by atoms with Crippen molar-refractivity contribution in [2.24, 2.45) is 0 Å². The van der Waals surface area contributed by atoms with Crippen LogP contribution in [-0.2, 0) is 16.0 Å². The second-order valence-electron chi connectivity index (χ2n) is 6.48. The van der Waals surface area contributed by atoms with E-state index >= 15 is 0 Å². The maximum Gasteiger partial charge on any atom is 0.495 e. The van der Waals surface area contributed by atoms with Crippen LogP contribution in [0.1, 0.15) is 39.2 Å². The van der Waals surface area contributed by atoms with Crippen LogP contribution in [0.25, 0.3) is 0 Å². The lowest BCUT2D eigenvalue weighted by Gasteiger charge is -2.19. The van der Waals surface area contributed by atoms with Crippen molar-refractivity contribution >= 4 is 18.7 Å². The highest BCUT2D eigenvalue weighted by molar-refractivity contribution is 6.62. The molecule has 0 aromatic heterocycles. The fourth-order valence-corrected chi connectivity index (χ4v) is 2.29. The maximum atomic E-state index is 11.5. The Labute approximate surface area is 137 Å². The molecule has 1 aliphatic heterocycles. The number of hydrogen-bond donors (Lipinski definition) is 2. The molecule has 0 fully saturated rings. The minimum absolute atomic E-state index is 0.403. The Morgan fingerprint density at radius 2 is 2.17 bits per heavy atom. The number of hydrogen-bond acceptors (Lipinski definition) is 5. The summed E-state index contributed by atoms with van der Waals surface area (Å²) in [7, 11) is -0.907. The first-order valence-electron chi connectivity index (χ1n) is 7.88. The van der Waals surface area contributed by atoms with Crippen LogP contribution in [0.15, 0.2) is 18.2 Å². The molecule has 0 unspecified atom stereocenters. The number of carbonyl (C=O) groups is 1. The van der Waals surface area contributed by atoms with Crippen LogP contribution in [0.4, 0.5) is 4.79 Å². The van der Waals surface area contributed by atoms with Crippen LogP contribution in [0.2, 0.25) is 0 Å². The molecular formula is C16H24BNO5. The van der Waals surface area contributed by atoms with Crippen molar-refractivity contribution in [3.63, 3.8) is 0 Å². The van der Waals surface area contributed by atoms with E-state index in [4.69, 9.17) is 14.1 Å². The molecule has 0 aliphatic carbocycles. The van der Waals surface area contributed by atoms with Gasteiger partial charge in [-0.2, -0.15) is 0 Å². The van der Waals surface area contributed by atoms with Crippen molar-refractivity contribution in [1.82, 2.24) is 5.32 Å². The number of fused-ring (bicyclic) bond motifs is 1. The topological polar surface area (TPSA) is 77.0 Å². The highest BCUT2D eigenvalue weighted by Crippen LogP contribution is 2.18. The lowest BCUT2D eigenvalue weighted by molar-refractivity contribution is 0.0526. The molecule has 0 saturated carbocycles. The van der Waals surface area contributed by atoms with Gasteiger partial charge in [-0.25, -0.2) is 4.79 Å². The lowest BCUT2D eigenvalue weighted by atomic mass is 9.79. The van der Waals surface area contributed by atoms with Crippen LogP contribution in [0.5, 0.6) is 5.75 Å². The van der Waals surface area contributed by atoms with Gasteiger partial charge < -0.3 is 24.5 Å². The number of benzene rings is 1. The molecule has 2 rings (SSSR count). The zero-order valence-electron chi connectivity index (χ0n) is 13.9. The minimum atomic E-state index is -0.907. The summed E-state index contributed by atoms with van der Waals surface area (Å²) in [5, 5.41) is 12.5. The van der Waals surface area contributed by atoms with Gasteiger partial charge in [0.15, 0.2) is 0 Å². The van der Waals surface area contributed by atoms with Crippen molar-refractivity contribution in [2.45, 2.75) is 45.8 Å². The fraction of sp³-hybridized carbons (Fsp3) is 0.562. The van der Waals surface area contributed by atoms with Gasteiger partial charge in [0.1, 0.15) is 11.4 Å². The number of carbonyl (C=O) groups excluding carboxylic acids is 1. The van der Waals surface area contributed by atoms with Crippen molar-refractivity contribution in [3.8, 4) is 5.75 Å². The predicted octanol–water partition coefficient (Wildman–Crippen LogP) is 1.59. The summed E-state index contributed by atoms with van der Waals surface area (Å²) in [6, 6.07) is 5.64. The van der Waals surface area contributed by atoms with E-state index in [1.165, 1.54) is 0 Å². The Kier molecular flexibility index (Phi) is 5.90. The third-order valence-electron chi connectivity index (χ3n) is 3.30. The average Bonchev–Trinajstić information content (AvgIpc) is 2.83. The van der Waals surface area contributed by atoms with Crippen LogP contribution in [-0.4, -0.2) is 37.0 Å². The van der Waals surface area contributed by atoms with Gasteiger partial charge in [-0.05, 0) is 45.2 Å². The van der Waals surface area contributed by atoms with Crippen LogP contribution in [0, 0.1) is 0 Å². The van der Waals surface area contributed by atoms with Crippen molar-refractivity contribution in [2.75, 3.05) is 13.2 Å². The number of nitrogens with one attached hydrogen (secondary N) is 1. The number of rotatable bonds is 6. The van der Waals surface area contributed by atoms with Crippen LogP contribution >= 0.6 is 0 Å². The molecule has 7 heteroatoms. The molecular weight excluding hydrogens is 297 g/mol. The Morgan fingerprint density at radius 3 is 2.91 bits per heavy atom. The average molecular weight is 321 g/mol. The third kappa shape index (κ3) is 5.44. The second kappa shape index (κ2) is 7.70. The normalized spacial score (nSPS) is 13.7. The SMILES string of the molecule is CC(C)(C)OC(=O)NCCCCOc1cccc2c1B(O)OC2. The molecule has 0 spiro atoms. The molecule has 1 amide bonds. The van der Waals surface area contributed by atoms with E-state index in [9.17, 15) is 9.82 Å². The van der Waals surface area contributed by atoms with Crippen molar-refractivity contribution in [1.29, 1.82) is 0 Å². The van der Waals surface area contributed by atoms with Gasteiger partial charge >= 0.3 is 13.2 Å². The molecule has 0 radical (unpaired) electrons. The summed E-state index contributed by atoms with van der Waals surface area (Å²) >= 11 is 0. The van der Waals surface area contributed by atoms with Gasteiger partial charge in [-0.15, -0.1) is 0 Å². The standard InChI is InChI=1S/C16H24BNO5/c1-16(2,3)23-15(19)18-9-4-5-10-21-13-8-6-7-12-11-22-17(20)14(12)13/h6-8,20H,4-5,9-11H2,1-3H3,(H,18,19). The van der Waals surface area contributed by atoms with Crippen molar-refractivity contribution in [3.05, 3.63) is 23.8 Å². The molecule has 1 aromatic rings. The highest BCUT2D eigenvalue weighted by atomic mass is 16.6. The molecule has 1 aliphatic rings. The van der Waals surface area contributed by atoms with E-state index in [1.807, 2.05) is 39.0 Å². The summed E-state index contributed by atoms with van der Waals surface area (Å²) < 4.78 is 16.1. The van der Waals surface area contributed by atoms with E-state index in [0.29, 0.717) is 25.5 Å². The van der Waals surface area contributed by atoms with Crippen LogP contribution in [0.3, 0.4) is 0 Å². The quantitative estimate of drug-likeness (QED) is 0.615. The Balaban J connectivity index is 1.65. The first-order chi connectivity index (χ1) is 10.9. The summed E-state index contributed by atoms with van der Waals surface area (Å²) in [5.74, 6) is 0.660. The maximum absolute atomic E-state index is 11.5.